The Bertz CT molecular complexity index is 608. The molecule has 1 amide bonds. The first-order chi connectivity index (χ1) is 9.72. The third-order valence-electron chi connectivity index (χ3n) is 2.51. The van der Waals surface area contributed by atoms with Crippen molar-refractivity contribution in [2.24, 2.45) is 0 Å². The molecule has 1 aromatic heterocycles. The summed E-state index contributed by atoms with van der Waals surface area (Å²) in [7, 11) is 3.14. The summed E-state index contributed by atoms with van der Waals surface area (Å²) in [5.74, 6) is 1.29. The van der Waals surface area contributed by atoms with Crippen molar-refractivity contribution < 1.29 is 14.3 Å². The number of benzene rings is 1. The zero-order valence-electron chi connectivity index (χ0n) is 11.1. The van der Waals surface area contributed by atoms with Gasteiger partial charge in [-0.2, -0.15) is 10.1 Å². The van der Waals surface area contributed by atoms with E-state index in [0.717, 1.165) is 5.56 Å². The molecule has 0 bridgehead atoms. The molecule has 2 aromatic rings. The van der Waals surface area contributed by atoms with Crippen LogP contribution in [0.1, 0.15) is 5.56 Å². The summed E-state index contributed by atoms with van der Waals surface area (Å²) in [5, 5.41) is 8.70. The van der Waals surface area contributed by atoms with Gasteiger partial charge in [0, 0.05) is 11.6 Å². The van der Waals surface area contributed by atoms with Crippen LogP contribution in [0.2, 0.25) is 0 Å². The Labute approximate surface area is 115 Å². The first-order valence-electron chi connectivity index (χ1n) is 5.79. The van der Waals surface area contributed by atoms with Crippen LogP contribution in [0, 0.1) is 0 Å². The van der Waals surface area contributed by atoms with Crippen molar-refractivity contribution in [3.05, 3.63) is 36.2 Å². The van der Waals surface area contributed by atoms with Crippen LogP contribution in [0.25, 0.3) is 6.08 Å². The van der Waals surface area contributed by atoms with E-state index in [-0.39, 0.29) is 11.9 Å². The van der Waals surface area contributed by atoms with Gasteiger partial charge < -0.3 is 9.47 Å². The smallest absolute Gasteiger partial charge is 0.250 e. The second-order valence-electron chi connectivity index (χ2n) is 3.76. The summed E-state index contributed by atoms with van der Waals surface area (Å²) in [6, 6.07) is 5.33. The lowest BCUT2D eigenvalue weighted by molar-refractivity contribution is -0.111. The normalized spacial score (nSPS) is 10.5. The maximum absolute atomic E-state index is 11.7. The molecular weight excluding hydrogens is 260 g/mol. The molecule has 0 radical (unpaired) electrons. The van der Waals surface area contributed by atoms with Gasteiger partial charge in [0.25, 0.3) is 5.91 Å². The average molecular weight is 274 g/mol. The molecule has 104 valence electrons. The SMILES string of the molecule is COc1ccc(OC)c(/C=C/C(=O)Nc2ncn[nH]2)c1. The number of nitrogens with zero attached hydrogens (tertiary/aromatic N) is 2. The van der Waals surface area contributed by atoms with Crippen molar-refractivity contribution in [3.63, 3.8) is 0 Å². The van der Waals surface area contributed by atoms with Crippen molar-refractivity contribution in [1.82, 2.24) is 15.2 Å². The third-order valence-corrected chi connectivity index (χ3v) is 2.51. The van der Waals surface area contributed by atoms with E-state index in [1.54, 1.807) is 38.5 Å². The van der Waals surface area contributed by atoms with Crippen molar-refractivity contribution in [2.75, 3.05) is 19.5 Å². The minimum absolute atomic E-state index is 0.289. The molecule has 0 fully saturated rings. The number of methoxy groups -OCH3 is 2. The van der Waals surface area contributed by atoms with Crippen molar-refractivity contribution in [2.45, 2.75) is 0 Å². The van der Waals surface area contributed by atoms with Crippen LogP contribution in [-0.2, 0) is 4.79 Å². The van der Waals surface area contributed by atoms with Gasteiger partial charge in [0.05, 0.1) is 14.2 Å². The zero-order valence-corrected chi connectivity index (χ0v) is 11.1. The number of amides is 1. The molecule has 0 spiro atoms. The molecule has 1 aromatic carbocycles. The number of aromatic amines is 1. The van der Waals surface area contributed by atoms with E-state index >= 15 is 0 Å². The highest BCUT2D eigenvalue weighted by molar-refractivity contribution is 6.01. The highest BCUT2D eigenvalue weighted by Crippen LogP contribution is 2.24. The number of H-pyrrole nitrogens is 1. The molecule has 2 rings (SSSR count). The average Bonchev–Trinajstić information content (AvgIpc) is 2.97. The van der Waals surface area contributed by atoms with E-state index in [0.29, 0.717) is 11.5 Å². The molecule has 0 unspecified atom stereocenters. The van der Waals surface area contributed by atoms with Crippen molar-refractivity contribution >= 4 is 17.9 Å². The van der Waals surface area contributed by atoms with Crippen LogP contribution in [0.3, 0.4) is 0 Å². The number of carbonyl (C=O) groups is 1. The maximum atomic E-state index is 11.7. The Kier molecular flexibility index (Phi) is 4.33. The highest BCUT2D eigenvalue weighted by atomic mass is 16.5. The van der Waals surface area contributed by atoms with Gasteiger partial charge in [-0.05, 0) is 24.3 Å². The standard InChI is InChI=1S/C13H14N4O3/c1-19-10-4-5-11(20-2)9(7-10)3-6-12(18)16-13-14-8-15-17-13/h3-8H,1-2H3,(H2,14,15,16,17,18)/b6-3+. The Morgan fingerprint density at radius 2 is 2.20 bits per heavy atom. The van der Waals surface area contributed by atoms with Crippen LogP contribution in [0.15, 0.2) is 30.6 Å². The van der Waals surface area contributed by atoms with Gasteiger partial charge in [0.15, 0.2) is 0 Å². The van der Waals surface area contributed by atoms with Gasteiger partial charge in [-0.1, -0.05) is 0 Å². The summed E-state index contributed by atoms with van der Waals surface area (Å²) < 4.78 is 10.3. The fourth-order valence-electron chi connectivity index (χ4n) is 1.56. The molecule has 0 aliphatic rings. The number of carbonyl (C=O) groups excluding carboxylic acids is 1. The van der Waals surface area contributed by atoms with E-state index in [9.17, 15) is 4.79 Å². The zero-order chi connectivity index (χ0) is 14.4. The summed E-state index contributed by atoms with van der Waals surface area (Å²) in [5.41, 5.74) is 0.736. The number of ether oxygens (including phenoxy) is 2. The van der Waals surface area contributed by atoms with Crippen molar-refractivity contribution in [1.29, 1.82) is 0 Å². The summed E-state index contributed by atoms with van der Waals surface area (Å²) in [6.07, 6.45) is 4.32. The predicted octanol–water partition coefficient (Wildman–Crippen LogP) is 1.47. The van der Waals surface area contributed by atoms with Gasteiger partial charge in [0.1, 0.15) is 17.8 Å². The van der Waals surface area contributed by atoms with E-state index in [1.807, 2.05) is 0 Å². The molecule has 7 heteroatoms. The Hall–Kier alpha value is -2.83. The first kappa shape index (κ1) is 13.6. The minimum Gasteiger partial charge on any atom is -0.497 e. The largest absolute Gasteiger partial charge is 0.497 e. The van der Waals surface area contributed by atoms with E-state index in [2.05, 4.69) is 20.5 Å². The number of anilines is 1. The number of hydrogen-bond donors (Lipinski definition) is 2. The monoisotopic (exact) mass is 274 g/mol. The lowest BCUT2D eigenvalue weighted by Gasteiger charge is -2.07. The van der Waals surface area contributed by atoms with Crippen LogP contribution in [-0.4, -0.2) is 35.3 Å². The van der Waals surface area contributed by atoms with E-state index < -0.39 is 0 Å². The quantitative estimate of drug-likeness (QED) is 0.806. The Morgan fingerprint density at radius 1 is 1.35 bits per heavy atom. The molecule has 0 atom stereocenters. The molecule has 0 saturated heterocycles. The number of rotatable bonds is 5. The molecule has 7 nitrogen and oxygen atoms in total. The molecule has 0 saturated carbocycles. The highest BCUT2D eigenvalue weighted by Gasteiger charge is 2.04. The summed E-state index contributed by atoms with van der Waals surface area (Å²) in [4.78, 5) is 15.5. The van der Waals surface area contributed by atoms with Gasteiger partial charge in [-0.3, -0.25) is 10.1 Å². The topological polar surface area (TPSA) is 89.1 Å². The number of hydrogen-bond acceptors (Lipinski definition) is 5. The molecule has 1 heterocycles. The lowest BCUT2D eigenvalue weighted by atomic mass is 10.1. The Morgan fingerprint density at radius 3 is 2.85 bits per heavy atom. The lowest BCUT2D eigenvalue weighted by Crippen LogP contribution is -2.09. The molecular formula is C13H14N4O3. The van der Waals surface area contributed by atoms with E-state index in [4.69, 9.17) is 9.47 Å². The second kappa shape index (κ2) is 6.37. The summed E-state index contributed by atoms with van der Waals surface area (Å²) >= 11 is 0. The molecule has 0 aliphatic carbocycles. The van der Waals surface area contributed by atoms with Gasteiger partial charge in [-0.25, -0.2) is 5.10 Å². The first-order valence-corrected chi connectivity index (χ1v) is 5.79. The minimum atomic E-state index is -0.327. The molecule has 20 heavy (non-hydrogen) atoms. The fraction of sp³-hybridized carbons (Fsp3) is 0.154. The van der Waals surface area contributed by atoms with Crippen LogP contribution < -0.4 is 14.8 Å². The van der Waals surface area contributed by atoms with Gasteiger partial charge in [-0.15, -0.1) is 0 Å². The van der Waals surface area contributed by atoms with Gasteiger partial charge in [0.2, 0.25) is 5.95 Å². The molecule has 0 aliphatic heterocycles. The van der Waals surface area contributed by atoms with Crippen LogP contribution in [0.5, 0.6) is 11.5 Å². The van der Waals surface area contributed by atoms with Gasteiger partial charge >= 0.3 is 0 Å². The second-order valence-corrected chi connectivity index (χ2v) is 3.76. The van der Waals surface area contributed by atoms with E-state index in [1.165, 1.54) is 12.4 Å². The molecule has 2 N–H and O–H groups in total. The van der Waals surface area contributed by atoms with Crippen LogP contribution in [0.4, 0.5) is 5.95 Å². The van der Waals surface area contributed by atoms with Crippen LogP contribution >= 0.6 is 0 Å². The number of aromatic nitrogens is 3. The summed E-state index contributed by atoms with van der Waals surface area (Å²) in [6.45, 7) is 0. The number of nitrogens with one attached hydrogen (secondary N) is 2. The maximum Gasteiger partial charge on any atom is 0.250 e. The predicted molar refractivity (Wildman–Crippen MR) is 73.6 cm³/mol. The Balaban J connectivity index is 2.11. The third kappa shape index (κ3) is 3.35. The fourth-order valence-corrected chi connectivity index (χ4v) is 1.56. The van der Waals surface area contributed by atoms with Crippen molar-refractivity contribution in [3.8, 4) is 11.5 Å².